The van der Waals surface area contributed by atoms with Gasteiger partial charge >= 0.3 is 0 Å². The summed E-state index contributed by atoms with van der Waals surface area (Å²) in [6.45, 7) is 3.38. The van der Waals surface area contributed by atoms with E-state index in [1.54, 1.807) is 0 Å². The van der Waals surface area contributed by atoms with Gasteiger partial charge in [-0.2, -0.15) is 0 Å². The Bertz CT molecular complexity index is 386. The predicted molar refractivity (Wildman–Crippen MR) is 88.9 cm³/mol. The number of nitrogens with zero attached hydrogens (tertiary/aromatic N) is 1. The molecule has 1 aromatic rings. The van der Waals surface area contributed by atoms with Crippen molar-refractivity contribution in [2.45, 2.75) is 64.3 Å². The van der Waals surface area contributed by atoms with Gasteiger partial charge < -0.3 is 5.32 Å². The summed E-state index contributed by atoms with van der Waals surface area (Å²) in [4.78, 5) is 4.31. The van der Waals surface area contributed by atoms with E-state index in [0.29, 0.717) is 6.04 Å². The largest absolute Gasteiger partial charge is 0.313 e. The summed E-state index contributed by atoms with van der Waals surface area (Å²) in [5.74, 6) is 0.836. The second-order valence-corrected chi connectivity index (χ2v) is 6.94. The molecule has 1 atom stereocenters. The van der Waals surface area contributed by atoms with E-state index < -0.39 is 0 Å². The first-order valence-corrected chi connectivity index (χ1v) is 8.91. The van der Waals surface area contributed by atoms with Gasteiger partial charge in [-0.3, -0.25) is 4.98 Å². The molecule has 0 radical (unpaired) electrons. The van der Waals surface area contributed by atoms with Crippen LogP contribution in [0.25, 0.3) is 0 Å². The molecule has 0 saturated heterocycles. The molecule has 0 aromatic carbocycles. The SMILES string of the molecule is CCCNC(Cc1cncc(Br)c1)C1CCCCCC1. The Morgan fingerprint density at radius 3 is 2.65 bits per heavy atom. The number of nitrogens with one attached hydrogen (secondary N) is 1. The van der Waals surface area contributed by atoms with Gasteiger partial charge in [-0.1, -0.05) is 32.6 Å². The van der Waals surface area contributed by atoms with Crippen LogP contribution in [0, 0.1) is 5.92 Å². The molecular weight excluding hydrogens is 312 g/mol. The third kappa shape index (κ3) is 5.17. The normalized spacial score (nSPS) is 18.7. The molecule has 1 N–H and O–H groups in total. The van der Waals surface area contributed by atoms with E-state index in [-0.39, 0.29) is 0 Å². The monoisotopic (exact) mass is 338 g/mol. The first-order chi connectivity index (χ1) is 9.79. The highest BCUT2D eigenvalue weighted by atomic mass is 79.9. The topological polar surface area (TPSA) is 24.9 Å². The Labute approximate surface area is 131 Å². The van der Waals surface area contributed by atoms with E-state index >= 15 is 0 Å². The second-order valence-electron chi connectivity index (χ2n) is 6.03. The number of rotatable bonds is 6. The van der Waals surface area contributed by atoms with Gasteiger partial charge in [0.15, 0.2) is 0 Å². The second kappa shape index (κ2) is 8.78. The molecular formula is C17H27BrN2. The van der Waals surface area contributed by atoms with Crippen LogP contribution in [0.3, 0.4) is 0 Å². The third-order valence-corrected chi connectivity index (χ3v) is 4.78. The van der Waals surface area contributed by atoms with Gasteiger partial charge in [0.05, 0.1) is 0 Å². The maximum atomic E-state index is 4.31. The summed E-state index contributed by atoms with van der Waals surface area (Å²) in [6, 6.07) is 2.83. The molecule has 0 spiro atoms. The molecule has 1 heterocycles. The first kappa shape index (κ1) is 16.0. The molecule has 1 saturated carbocycles. The van der Waals surface area contributed by atoms with Crippen LogP contribution in [0.1, 0.15) is 57.4 Å². The molecule has 20 heavy (non-hydrogen) atoms. The zero-order valence-electron chi connectivity index (χ0n) is 12.6. The Balaban J connectivity index is 2.01. The summed E-state index contributed by atoms with van der Waals surface area (Å²) in [5, 5.41) is 3.79. The van der Waals surface area contributed by atoms with Gasteiger partial charge in [0.25, 0.3) is 0 Å². The van der Waals surface area contributed by atoms with Gasteiger partial charge in [0.1, 0.15) is 0 Å². The third-order valence-electron chi connectivity index (χ3n) is 4.34. The van der Waals surface area contributed by atoms with Crippen molar-refractivity contribution < 1.29 is 0 Å². The highest BCUT2D eigenvalue weighted by molar-refractivity contribution is 9.10. The fraction of sp³-hybridized carbons (Fsp3) is 0.706. The summed E-state index contributed by atoms with van der Waals surface area (Å²) in [5.41, 5.74) is 1.34. The number of aromatic nitrogens is 1. The molecule has 1 aliphatic rings. The van der Waals surface area contributed by atoms with E-state index in [4.69, 9.17) is 0 Å². The van der Waals surface area contributed by atoms with Crippen LogP contribution in [-0.2, 0) is 6.42 Å². The minimum absolute atomic E-state index is 0.615. The van der Waals surface area contributed by atoms with Gasteiger partial charge in [0.2, 0.25) is 0 Å². The van der Waals surface area contributed by atoms with Crippen molar-refractivity contribution >= 4 is 15.9 Å². The molecule has 0 bridgehead atoms. The van der Waals surface area contributed by atoms with Gasteiger partial charge in [-0.05, 0) is 65.7 Å². The summed E-state index contributed by atoms with van der Waals surface area (Å²) >= 11 is 3.53. The van der Waals surface area contributed by atoms with Crippen molar-refractivity contribution in [2.24, 2.45) is 5.92 Å². The molecule has 0 amide bonds. The lowest BCUT2D eigenvalue weighted by Crippen LogP contribution is -2.38. The van der Waals surface area contributed by atoms with E-state index in [1.165, 1.54) is 50.5 Å². The molecule has 2 rings (SSSR count). The van der Waals surface area contributed by atoms with Crippen LogP contribution < -0.4 is 5.32 Å². The maximum absolute atomic E-state index is 4.31. The lowest BCUT2D eigenvalue weighted by molar-refractivity contribution is 0.317. The van der Waals surface area contributed by atoms with Crippen molar-refractivity contribution in [3.63, 3.8) is 0 Å². The molecule has 1 aliphatic carbocycles. The Hall–Kier alpha value is -0.410. The smallest absolute Gasteiger partial charge is 0.0410 e. The van der Waals surface area contributed by atoms with Crippen molar-refractivity contribution in [3.8, 4) is 0 Å². The van der Waals surface area contributed by atoms with E-state index in [2.05, 4.69) is 39.2 Å². The molecule has 0 aliphatic heterocycles. The molecule has 1 aromatic heterocycles. The average molecular weight is 339 g/mol. The highest BCUT2D eigenvalue weighted by Crippen LogP contribution is 2.27. The average Bonchev–Trinajstić information content (AvgIpc) is 2.72. The molecule has 3 heteroatoms. The number of hydrogen-bond acceptors (Lipinski definition) is 2. The summed E-state index contributed by atoms with van der Waals surface area (Å²) < 4.78 is 1.09. The lowest BCUT2D eigenvalue weighted by Gasteiger charge is -2.27. The number of hydrogen-bond donors (Lipinski definition) is 1. The molecule has 112 valence electrons. The van der Waals surface area contributed by atoms with E-state index in [1.807, 2.05) is 12.4 Å². The van der Waals surface area contributed by atoms with Crippen LogP contribution in [0.5, 0.6) is 0 Å². The number of halogens is 1. The van der Waals surface area contributed by atoms with Crippen molar-refractivity contribution in [1.29, 1.82) is 0 Å². The number of pyridine rings is 1. The molecule has 1 unspecified atom stereocenters. The zero-order valence-corrected chi connectivity index (χ0v) is 14.2. The van der Waals surface area contributed by atoms with Crippen LogP contribution in [-0.4, -0.2) is 17.6 Å². The minimum Gasteiger partial charge on any atom is -0.313 e. The van der Waals surface area contributed by atoms with Crippen molar-refractivity contribution in [3.05, 3.63) is 28.5 Å². The Kier molecular flexibility index (Phi) is 7.01. The fourth-order valence-electron chi connectivity index (χ4n) is 3.27. The molecule has 1 fully saturated rings. The Morgan fingerprint density at radius 2 is 2.00 bits per heavy atom. The van der Waals surface area contributed by atoms with Gasteiger partial charge in [0, 0.05) is 22.9 Å². The minimum atomic E-state index is 0.615. The summed E-state index contributed by atoms with van der Waals surface area (Å²) in [7, 11) is 0. The van der Waals surface area contributed by atoms with Crippen molar-refractivity contribution in [2.75, 3.05) is 6.54 Å². The maximum Gasteiger partial charge on any atom is 0.0410 e. The van der Waals surface area contributed by atoms with Crippen LogP contribution in [0.15, 0.2) is 22.9 Å². The quantitative estimate of drug-likeness (QED) is 0.758. The molecule has 2 nitrogen and oxygen atoms in total. The van der Waals surface area contributed by atoms with Gasteiger partial charge in [-0.25, -0.2) is 0 Å². The summed E-state index contributed by atoms with van der Waals surface area (Å²) in [6.07, 6.45) is 14.6. The lowest BCUT2D eigenvalue weighted by atomic mass is 9.88. The van der Waals surface area contributed by atoms with E-state index in [0.717, 1.165) is 23.4 Å². The first-order valence-electron chi connectivity index (χ1n) is 8.12. The van der Waals surface area contributed by atoms with Gasteiger partial charge in [-0.15, -0.1) is 0 Å². The van der Waals surface area contributed by atoms with Crippen LogP contribution in [0.2, 0.25) is 0 Å². The van der Waals surface area contributed by atoms with Crippen LogP contribution in [0.4, 0.5) is 0 Å². The van der Waals surface area contributed by atoms with Crippen LogP contribution >= 0.6 is 15.9 Å². The standard InChI is InChI=1S/C17H27BrN2/c1-2-9-20-17(15-7-5-3-4-6-8-15)11-14-10-16(18)13-19-12-14/h10,12-13,15,17,20H,2-9,11H2,1H3. The van der Waals surface area contributed by atoms with Crippen molar-refractivity contribution in [1.82, 2.24) is 10.3 Å². The highest BCUT2D eigenvalue weighted by Gasteiger charge is 2.22. The Morgan fingerprint density at radius 1 is 1.25 bits per heavy atom. The van der Waals surface area contributed by atoms with E-state index in [9.17, 15) is 0 Å². The zero-order chi connectivity index (χ0) is 14.2. The fourth-order valence-corrected chi connectivity index (χ4v) is 3.68. The predicted octanol–water partition coefficient (Wildman–Crippen LogP) is 4.73.